The van der Waals surface area contributed by atoms with Crippen LogP contribution in [0, 0.1) is 0 Å². The molecule has 13 heteroatoms. The highest BCUT2D eigenvalue weighted by atomic mass is 32.2. The second-order valence-electron chi connectivity index (χ2n) is 12.9. The fraction of sp³-hybridized carbons (Fsp3) is 0.784. The van der Waals surface area contributed by atoms with Gasteiger partial charge in [0.15, 0.2) is 12.4 Å². The van der Waals surface area contributed by atoms with Crippen LogP contribution in [0.4, 0.5) is 0 Å². The molecule has 0 spiro atoms. The predicted molar refractivity (Wildman–Crippen MR) is 192 cm³/mol. The van der Waals surface area contributed by atoms with Crippen LogP contribution in [0.5, 0.6) is 0 Å². The van der Waals surface area contributed by atoms with E-state index in [-0.39, 0.29) is 19.4 Å². The maximum atomic E-state index is 12.7. The quantitative estimate of drug-likeness (QED) is 0.0310. The molecule has 1 saturated heterocycles. The Morgan fingerprint density at radius 2 is 1.26 bits per heavy atom. The lowest BCUT2D eigenvalue weighted by Crippen LogP contribution is -2.60. The zero-order valence-corrected chi connectivity index (χ0v) is 31.1. The van der Waals surface area contributed by atoms with Gasteiger partial charge in [-0.1, -0.05) is 108 Å². The number of hydrogen-bond acceptors (Lipinski definition) is 11. The molecule has 4 N–H and O–H groups in total. The third kappa shape index (κ3) is 23.4. The first-order valence-corrected chi connectivity index (χ1v) is 20.2. The molecular formula is C37H64O12S. The maximum Gasteiger partial charge on any atom is 0.306 e. The molecule has 0 saturated carbocycles. The molecule has 2 unspecified atom stereocenters. The van der Waals surface area contributed by atoms with Gasteiger partial charge in [-0.25, -0.2) is 0 Å². The number of aliphatic hydroxyl groups is 3. The second-order valence-corrected chi connectivity index (χ2v) is 14.4. The summed E-state index contributed by atoms with van der Waals surface area (Å²) in [6, 6.07) is 0. The lowest BCUT2D eigenvalue weighted by atomic mass is 10.00. The monoisotopic (exact) mass is 732 g/mol. The van der Waals surface area contributed by atoms with Crippen LogP contribution in [0.25, 0.3) is 0 Å². The lowest BCUT2D eigenvalue weighted by Gasteiger charge is -2.40. The summed E-state index contributed by atoms with van der Waals surface area (Å²) in [4.78, 5) is 25.1. The van der Waals surface area contributed by atoms with E-state index in [0.717, 1.165) is 77.0 Å². The van der Waals surface area contributed by atoms with Gasteiger partial charge >= 0.3 is 11.9 Å². The molecule has 290 valence electrons. The summed E-state index contributed by atoms with van der Waals surface area (Å²) in [5.74, 6) is -2.02. The van der Waals surface area contributed by atoms with Gasteiger partial charge in [0.2, 0.25) is 0 Å². The number of rotatable bonds is 29. The van der Waals surface area contributed by atoms with Gasteiger partial charge < -0.3 is 34.3 Å². The fourth-order valence-electron chi connectivity index (χ4n) is 5.34. The van der Waals surface area contributed by atoms with Crippen molar-refractivity contribution in [3.63, 3.8) is 0 Å². The largest absolute Gasteiger partial charge is 0.462 e. The van der Waals surface area contributed by atoms with Crippen LogP contribution in [0.3, 0.4) is 0 Å². The van der Waals surface area contributed by atoms with Gasteiger partial charge in [0, 0.05) is 12.8 Å². The summed E-state index contributed by atoms with van der Waals surface area (Å²) in [6.07, 6.45) is 19.5. The van der Waals surface area contributed by atoms with Crippen molar-refractivity contribution in [2.75, 3.05) is 19.0 Å². The molecule has 0 aromatic heterocycles. The molecule has 1 fully saturated rings. The van der Waals surface area contributed by atoms with E-state index in [1.807, 2.05) is 0 Å². The molecule has 1 aliphatic rings. The lowest BCUT2D eigenvalue weighted by molar-refractivity contribution is -0.297. The van der Waals surface area contributed by atoms with Gasteiger partial charge in [0.05, 0.1) is 6.61 Å². The van der Waals surface area contributed by atoms with Crippen LogP contribution in [0.2, 0.25) is 0 Å². The molecule has 0 bridgehead atoms. The Balaban J connectivity index is 2.53. The number of esters is 2. The number of hydrogen-bond donors (Lipinski definition) is 4. The summed E-state index contributed by atoms with van der Waals surface area (Å²) < 4.78 is 53.6. The van der Waals surface area contributed by atoms with Gasteiger partial charge in [0.25, 0.3) is 10.1 Å². The Hall–Kier alpha value is -2.13. The summed E-state index contributed by atoms with van der Waals surface area (Å²) in [5.41, 5.74) is 0. The van der Waals surface area contributed by atoms with E-state index in [2.05, 4.69) is 50.3 Å². The number of carbonyl (C=O) groups is 2. The highest BCUT2D eigenvalue weighted by Crippen LogP contribution is 2.24. The minimum absolute atomic E-state index is 0.145. The summed E-state index contributed by atoms with van der Waals surface area (Å²) in [7, 11) is -4.60. The van der Waals surface area contributed by atoms with Crippen LogP contribution in [-0.4, -0.2) is 96.0 Å². The number of ether oxygens (including phenoxy) is 4. The molecule has 6 atom stereocenters. The van der Waals surface area contributed by atoms with Crippen molar-refractivity contribution < 1.29 is 56.8 Å². The van der Waals surface area contributed by atoms with Crippen LogP contribution < -0.4 is 0 Å². The number of allylic oxidation sites excluding steroid dienone is 6. The van der Waals surface area contributed by atoms with Crippen molar-refractivity contribution in [3.8, 4) is 0 Å². The zero-order chi connectivity index (χ0) is 37.0. The molecule has 0 radical (unpaired) electrons. The Bertz CT molecular complexity index is 1090. The zero-order valence-electron chi connectivity index (χ0n) is 30.2. The topological polar surface area (TPSA) is 186 Å². The molecule has 12 nitrogen and oxygen atoms in total. The van der Waals surface area contributed by atoms with Crippen LogP contribution in [-0.2, 0) is 38.7 Å². The van der Waals surface area contributed by atoms with Crippen molar-refractivity contribution in [1.29, 1.82) is 0 Å². The fourth-order valence-corrected chi connectivity index (χ4v) is 6.03. The standard InChI is InChI=1S/C37H64O12S/c1-3-5-7-9-11-12-13-14-15-16-17-18-20-22-24-26-33(39)48-30(27-46-32(38)25-23-21-19-10-8-6-4-2)28-47-37-36(42)35(41)34(40)31(49-37)29-50(43,44)45/h5,7,11-12,14-15,30-31,34-37,40-42H,3-4,6,8-10,13,16-29H2,1-2H3,(H,43,44,45)/b7-5+,12-11+,15-14+/t30-,31-,34-,35?,36?,37+/m1/s1. The van der Waals surface area contributed by atoms with E-state index < -0.39 is 71.2 Å². The first-order valence-electron chi connectivity index (χ1n) is 18.5. The van der Waals surface area contributed by atoms with Crippen molar-refractivity contribution >= 4 is 22.1 Å². The molecule has 1 heterocycles. The van der Waals surface area contributed by atoms with Crippen molar-refractivity contribution in [2.45, 2.75) is 166 Å². The van der Waals surface area contributed by atoms with E-state index in [1.54, 1.807) is 0 Å². The molecule has 0 aromatic carbocycles. The van der Waals surface area contributed by atoms with Gasteiger partial charge in [0.1, 0.15) is 36.8 Å². The average Bonchev–Trinajstić information content (AvgIpc) is 3.07. The maximum absolute atomic E-state index is 12.7. The Morgan fingerprint density at radius 3 is 1.88 bits per heavy atom. The van der Waals surface area contributed by atoms with Crippen molar-refractivity contribution in [2.24, 2.45) is 0 Å². The highest BCUT2D eigenvalue weighted by molar-refractivity contribution is 7.85. The molecule has 0 aliphatic carbocycles. The Labute approximate surface area is 300 Å². The molecule has 50 heavy (non-hydrogen) atoms. The smallest absolute Gasteiger partial charge is 0.306 e. The van der Waals surface area contributed by atoms with E-state index in [1.165, 1.54) is 12.8 Å². The minimum Gasteiger partial charge on any atom is -0.462 e. The number of aliphatic hydroxyl groups excluding tert-OH is 3. The first kappa shape index (κ1) is 45.9. The molecule has 1 rings (SSSR count). The molecule has 0 aromatic rings. The van der Waals surface area contributed by atoms with Gasteiger partial charge in [-0.05, 0) is 44.9 Å². The summed E-state index contributed by atoms with van der Waals surface area (Å²) >= 11 is 0. The van der Waals surface area contributed by atoms with Crippen LogP contribution >= 0.6 is 0 Å². The predicted octanol–water partition coefficient (Wildman–Crippen LogP) is 5.88. The Morgan fingerprint density at radius 1 is 0.700 bits per heavy atom. The van der Waals surface area contributed by atoms with Gasteiger partial charge in [-0.15, -0.1) is 0 Å². The Kier molecular flexibility index (Phi) is 26.1. The molecular weight excluding hydrogens is 668 g/mol. The summed E-state index contributed by atoms with van der Waals surface area (Å²) in [6.45, 7) is 3.54. The third-order valence-electron chi connectivity index (χ3n) is 8.23. The van der Waals surface area contributed by atoms with Gasteiger partial charge in [-0.2, -0.15) is 8.42 Å². The molecule has 0 amide bonds. The molecule has 1 aliphatic heterocycles. The first-order chi connectivity index (χ1) is 24.0. The minimum atomic E-state index is -4.60. The number of carbonyl (C=O) groups excluding carboxylic acids is 2. The van der Waals surface area contributed by atoms with Crippen LogP contribution in [0.15, 0.2) is 36.5 Å². The number of unbranched alkanes of at least 4 members (excludes halogenated alkanes) is 11. The SMILES string of the molecule is CC/C=C/C/C=C/C/C=C/CCCCCCCC(=O)O[C@H](COC(=O)CCCCCCCCC)CO[C@H]1O[C@H](CS(=O)(=O)O)[C@@H](O)C(O)C1O. The van der Waals surface area contributed by atoms with Gasteiger partial charge in [-0.3, -0.25) is 14.1 Å². The van der Waals surface area contributed by atoms with Crippen molar-refractivity contribution in [1.82, 2.24) is 0 Å². The van der Waals surface area contributed by atoms with E-state index in [0.29, 0.717) is 12.8 Å². The summed E-state index contributed by atoms with van der Waals surface area (Å²) in [5, 5.41) is 30.7. The van der Waals surface area contributed by atoms with E-state index in [4.69, 9.17) is 18.9 Å². The van der Waals surface area contributed by atoms with Crippen LogP contribution in [0.1, 0.15) is 129 Å². The highest BCUT2D eigenvalue weighted by Gasteiger charge is 2.46. The third-order valence-corrected chi connectivity index (χ3v) is 8.98. The average molecular weight is 733 g/mol. The second kappa shape index (κ2) is 28.5. The van der Waals surface area contributed by atoms with E-state index >= 15 is 0 Å². The van der Waals surface area contributed by atoms with Crippen molar-refractivity contribution in [3.05, 3.63) is 36.5 Å². The van der Waals surface area contributed by atoms with E-state index in [9.17, 15) is 37.9 Å². The normalized spacial score (nSPS) is 22.1.